The third-order valence-corrected chi connectivity index (χ3v) is 5.04. The summed E-state index contributed by atoms with van der Waals surface area (Å²) in [5.41, 5.74) is 6.62. The first kappa shape index (κ1) is 15.7. The molecule has 2 amide bonds. The van der Waals surface area contributed by atoms with Crippen LogP contribution in [0.4, 0.5) is 4.39 Å². The Morgan fingerprint density at radius 3 is 2.70 bits per heavy atom. The molecule has 0 saturated carbocycles. The molecule has 1 saturated heterocycles. The van der Waals surface area contributed by atoms with E-state index >= 15 is 0 Å². The largest absolute Gasteiger partial charge is 0.366 e. The molecular weight excluding hydrogens is 315 g/mol. The van der Waals surface area contributed by atoms with Crippen molar-refractivity contribution in [3.8, 4) is 0 Å². The maximum atomic E-state index is 13.0. The summed E-state index contributed by atoms with van der Waals surface area (Å²) >= 11 is 1.24. The quantitative estimate of drug-likeness (QED) is 0.936. The molecule has 2 aromatic rings. The number of hydrogen-bond donors (Lipinski definition) is 1. The fraction of sp³-hybridized carbons (Fsp3) is 0.294. The predicted molar refractivity (Wildman–Crippen MR) is 87.0 cm³/mol. The standard InChI is InChI=1S/C17H17FN2O2S/c18-13-5-3-11(4-6-13)8-14-2-1-7-20(14)17(22)15-9-12(10-23-15)16(19)21/h3-6,9-10,14H,1-2,7-8H2,(H2,19,21). The van der Waals surface area contributed by atoms with E-state index in [2.05, 4.69) is 0 Å². The zero-order valence-corrected chi connectivity index (χ0v) is 13.3. The van der Waals surface area contributed by atoms with Gasteiger partial charge in [-0.1, -0.05) is 12.1 Å². The van der Waals surface area contributed by atoms with Gasteiger partial charge < -0.3 is 10.6 Å². The van der Waals surface area contributed by atoms with Crippen molar-refractivity contribution in [3.05, 3.63) is 57.5 Å². The molecule has 0 spiro atoms. The van der Waals surface area contributed by atoms with Crippen molar-refractivity contribution in [2.75, 3.05) is 6.54 Å². The van der Waals surface area contributed by atoms with Crippen LogP contribution in [0.15, 0.2) is 35.7 Å². The van der Waals surface area contributed by atoms with Crippen LogP contribution in [-0.4, -0.2) is 29.3 Å². The van der Waals surface area contributed by atoms with E-state index in [1.807, 2.05) is 4.90 Å². The number of carbonyl (C=O) groups excluding carboxylic acids is 2. The lowest BCUT2D eigenvalue weighted by atomic mass is 10.0. The number of benzene rings is 1. The fourth-order valence-corrected chi connectivity index (χ4v) is 3.78. The van der Waals surface area contributed by atoms with Gasteiger partial charge in [-0.05, 0) is 43.0 Å². The minimum absolute atomic E-state index is 0.0629. The Hall–Kier alpha value is -2.21. The number of rotatable bonds is 4. The van der Waals surface area contributed by atoms with Crippen LogP contribution >= 0.6 is 11.3 Å². The van der Waals surface area contributed by atoms with Crippen LogP contribution in [0.25, 0.3) is 0 Å². The predicted octanol–water partition coefficient (Wildman–Crippen LogP) is 2.83. The van der Waals surface area contributed by atoms with E-state index in [4.69, 9.17) is 5.73 Å². The van der Waals surface area contributed by atoms with Gasteiger partial charge in [-0.3, -0.25) is 9.59 Å². The normalized spacial score (nSPS) is 17.4. The molecule has 0 aliphatic carbocycles. The van der Waals surface area contributed by atoms with Crippen molar-refractivity contribution in [1.29, 1.82) is 0 Å². The number of amides is 2. The summed E-state index contributed by atoms with van der Waals surface area (Å²) in [7, 11) is 0. The van der Waals surface area contributed by atoms with Gasteiger partial charge >= 0.3 is 0 Å². The topological polar surface area (TPSA) is 63.4 Å². The molecule has 120 valence electrons. The summed E-state index contributed by atoms with van der Waals surface area (Å²) in [4.78, 5) is 26.2. The Morgan fingerprint density at radius 2 is 2.04 bits per heavy atom. The molecule has 3 rings (SSSR count). The molecule has 1 aliphatic heterocycles. The second-order valence-corrected chi connectivity index (χ2v) is 6.60. The maximum Gasteiger partial charge on any atom is 0.264 e. The van der Waals surface area contributed by atoms with Gasteiger partial charge in [0.05, 0.1) is 10.4 Å². The van der Waals surface area contributed by atoms with Gasteiger partial charge in [0.1, 0.15) is 5.82 Å². The average molecular weight is 332 g/mol. The van der Waals surface area contributed by atoms with Gasteiger partial charge in [0.2, 0.25) is 5.91 Å². The van der Waals surface area contributed by atoms with Crippen molar-refractivity contribution >= 4 is 23.2 Å². The van der Waals surface area contributed by atoms with Crippen LogP contribution < -0.4 is 5.73 Å². The molecular formula is C17H17FN2O2S. The van der Waals surface area contributed by atoms with Crippen LogP contribution in [0.1, 0.15) is 38.4 Å². The van der Waals surface area contributed by atoms with E-state index in [0.717, 1.165) is 18.4 Å². The summed E-state index contributed by atoms with van der Waals surface area (Å²) in [6, 6.07) is 8.05. The Kier molecular flexibility index (Phi) is 4.43. The number of likely N-dealkylation sites (tertiary alicyclic amines) is 1. The average Bonchev–Trinajstić information content (AvgIpc) is 3.18. The fourth-order valence-electron chi connectivity index (χ4n) is 2.93. The molecule has 1 aromatic heterocycles. The number of hydrogen-bond acceptors (Lipinski definition) is 3. The molecule has 1 aliphatic rings. The van der Waals surface area contributed by atoms with Crippen molar-refractivity contribution in [2.24, 2.45) is 5.73 Å². The Labute approximate surface area is 137 Å². The Morgan fingerprint density at radius 1 is 1.30 bits per heavy atom. The molecule has 1 atom stereocenters. The van der Waals surface area contributed by atoms with Gasteiger partial charge in [0.25, 0.3) is 5.91 Å². The van der Waals surface area contributed by atoms with Crippen molar-refractivity contribution in [1.82, 2.24) is 4.90 Å². The second-order valence-electron chi connectivity index (χ2n) is 5.69. The molecule has 1 unspecified atom stereocenters. The highest BCUT2D eigenvalue weighted by molar-refractivity contribution is 7.12. The van der Waals surface area contributed by atoms with Crippen LogP contribution in [-0.2, 0) is 6.42 Å². The van der Waals surface area contributed by atoms with Gasteiger partial charge in [0.15, 0.2) is 0 Å². The molecule has 1 fully saturated rings. The number of nitrogens with zero attached hydrogens (tertiary/aromatic N) is 1. The number of primary amides is 1. The van der Waals surface area contributed by atoms with Crippen LogP contribution in [0, 0.1) is 5.82 Å². The zero-order chi connectivity index (χ0) is 16.4. The van der Waals surface area contributed by atoms with Crippen molar-refractivity contribution < 1.29 is 14.0 Å². The number of carbonyl (C=O) groups is 2. The number of halogens is 1. The molecule has 0 bridgehead atoms. The van der Waals surface area contributed by atoms with Crippen LogP contribution in [0.2, 0.25) is 0 Å². The molecule has 0 radical (unpaired) electrons. The highest BCUT2D eigenvalue weighted by atomic mass is 32.1. The zero-order valence-electron chi connectivity index (χ0n) is 12.5. The maximum absolute atomic E-state index is 13.0. The van der Waals surface area contributed by atoms with E-state index in [9.17, 15) is 14.0 Å². The Bertz CT molecular complexity index is 726. The second kappa shape index (κ2) is 6.50. The Balaban J connectivity index is 1.73. The van der Waals surface area contributed by atoms with Gasteiger partial charge in [0, 0.05) is 18.0 Å². The van der Waals surface area contributed by atoms with Crippen molar-refractivity contribution in [2.45, 2.75) is 25.3 Å². The molecule has 6 heteroatoms. The highest BCUT2D eigenvalue weighted by Gasteiger charge is 2.30. The van der Waals surface area contributed by atoms with E-state index in [0.29, 0.717) is 23.4 Å². The van der Waals surface area contributed by atoms with Crippen LogP contribution in [0.3, 0.4) is 0 Å². The minimum Gasteiger partial charge on any atom is -0.366 e. The van der Waals surface area contributed by atoms with E-state index < -0.39 is 5.91 Å². The van der Waals surface area contributed by atoms with E-state index in [1.165, 1.54) is 23.5 Å². The molecule has 4 nitrogen and oxygen atoms in total. The summed E-state index contributed by atoms with van der Waals surface area (Å²) in [5, 5.41) is 1.61. The van der Waals surface area contributed by atoms with E-state index in [-0.39, 0.29) is 17.8 Å². The third-order valence-electron chi connectivity index (χ3n) is 4.12. The molecule has 2 heterocycles. The summed E-state index contributed by atoms with van der Waals surface area (Å²) in [6.07, 6.45) is 2.59. The lowest BCUT2D eigenvalue weighted by molar-refractivity contribution is 0.0741. The van der Waals surface area contributed by atoms with Crippen LogP contribution in [0.5, 0.6) is 0 Å². The SMILES string of the molecule is NC(=O)c1csc(C(=O)N2CCCC2Cc2ccc(F)cc2)c1. The first-order valence-electron chi connectivity index (χ1n) is 7.48. The highest BCUT2D eigenvalue weighted by Crippen LogP contribution is 2.25. The summed E-state index contributed by atoms with van der Waals surface area (Å²) in [5.74, 6) is -0.845. The minimum atomic E-state index is -0.524. The van der Waals surface area contributed by atoms with E-state index in [1.54, 1.807) is 23.6 Å². The smallest absolute Gasteiger partial charge is 0.264 e. The van der Waals surface area contributed by atoms with Gasteiger partial charge in [-0.15, -0.1) is 11.3 Å². The molecule has 2 N–H and O–H groups in total. The number of nitrogens with two attached hydrogens (primary N) is 1. The van der Waals surface area contributed by atoms with Crippen molar-refractivity contribution in [3.63, 3.8) is 0 Å². The lowest BCUT2D eigenvalue weighted by Gasteiger charge is -2.24. The number of thiophene rings is 1. The molecule has 1 aromatic carbocycles. The third kappa shape index (κ3) is 3.42. The summed E-state index contributed by atoms with van der Waals surface area (Å²) in [6.45, 7) is 0.703. The van der Waals surface area contributed by atoms with Gasteiger partial charge in [-0.2, -0.15) is 0 Å². The lowest BCUT2D eigenvalue weighted by Crippen LogP contribution is -2.36. The monoisotopic (exact) mass is 332 g/mol. The first-order chi connectivity index (χ1) is 11.0. The molecule has 23 heavy (non-hydrogen) atoms. The van der Waals surface area contributed by atoms with Gasteiger partial charge in [-0.25, -0.2) is 4.39 Å². The first-order valence-corrected chi connectivity index (χ1v) is 8.36. The summed E-state index contributed by atoms with van der Waals surface area (Å²) < 4.78 is 13.0.